The molecule has 0 bridgehead atoms. The van der Waals surface area contributed by atoms with E-state index in [1.165, 1.54) is 31.4 Å². The molecule has 9 amide bonds. The van der Waals surface area contributed by atoms with Gasteiger partial charge in [0.1, 0.15) is 12.1 Å². The van der Waals surface area contributed by atoms with Crippen molar-refractivity contribution in [3.63, 3.8) is 0 Å². The average Bonchev–Trinajstić information content (AvgIpc) is 3.40. The van der Waals surface area contributed by atoms with E-state index >= 15 is 0 Å². The minimum Gasteiger partial charge on any atom is -0.379 e. The lowest BCUT2D eigenvalue weighted by atomic mass is 9.89. The van der Waals surface area contributed by atoms with Gasteiger partial charge in [-0.05, 0) is 69.0 Å². The van der Waals surface area contributed by atoms with Gasteiger partial charge in [-0.3, -0.25) is 68.6 Å². The van der Waals surface area contributed by atoms with Gasteiger partial charge < -0.3 is 44.1 Å². The Labute approximate surface area is 496 Å². The fourth-order valence-corrected chi connectivity index (χ4v) is 11.0. The Balaban J connectivity index is 1.26. The van der Waals surface area contributed by atoms with E-state index in [0.29, 0.717) is 51.9 Å². The average molecular weight is 1180 g/mol. The first kappa shape index (κ1) is 70.6. The highest BCUT2D eigenvalue weighted by molar-refractivity contribution is 6.12. The second-order valence-electron chi connectivity index (χ2n) is 22.7. The lowest BCUT2D eigenvalue weighted by Crippen LogP contribution is -2.60. The van der Waals surface area contributed by atoms with Crippen molar-refractivity contribution in [2.45, 2.75) is 155 Å². The van der Waals surface area contributed by atoms with Crippen LogP contribution in [0.5, 0.6) is 0 Å². The van der Waals surface area contributed by atoms with Gasteiger partial charge in [0.15, 0.2) is 0 Å². The fourth-order valence-electron chi connectivity index (χ4n) is 11.0. The van der Waals surface area contributed by atoms with Crippen molar-refractivity contribution >= 4 is 53.2 Å². The van der Waals surface area contributed by atoms with Crippen LogP contribution in [0.25, 0.3) is 0 Å². The maximum atomic E-state index is 14.7. The Morgan fingerprint density at radius 3 is 1.95 bits per heavy atom. The number of hydroxylamine groups is 2. The SMILES string of the molecule is CCC(C)C(C(CC(=O)N1CCC[C@H]1C(OC)C(C)C(=O)NC(Cc1ccccc1)C(=O)N1CCCCO1)OC)N(C)C(=O)C(NC(=O)C(C(C)C)N(C)CCCC(=O)NNC(=O)CCOCCOCCOCCN1C(=O)C=CC1=O)C(C)C. The van der Waals surface area contributed by atoms with Crippen LogP contribution in [0.3, 0.4) is 0 Å². The molecule has 4 N–H and O–H groups in total. The Kier molecular flexibility index (Phi) is 31.0. The number of likely N-dealkylation sites (N-methyl/N-ethyl adjacent to an activating group) is 2. The number of imide groups is 1. The van der Waals surface area contributed by atoms with E-state index in [9.17, 15) is 43.2 Å². The van der Waals surface area contributed by atoms with Crippen molar-refractivity contribution < 1.29 is 71.7 Å². The Bertz CT molecular complexity index is 2280. The third-order valence-electron chi connectivity index (χ3n) is 15.8. The van der Waals surface area contributed by atoms with Crippen LogP contribution in [0.2, 0.25) is 0 Å². The van der Waals surface area contributed by atoms with Crippen LogP contribution < -0.4 is 21.5 Å². The lowest BCUT2D eigenvalue weighted by molar-refractivity contribution is -0.199. The molecule has 3 aliphatic rings. The quantitative estimate of drug-likeness (QED) is 0.0424. The molecule has 8 unspecified atom stereocenters. The number of methoxy groups -OCH3 is 2. The van der Waals surface area contributed by atoms with Crippen molar-refractivity contribution in [2.75, 3.05) is 101 Å². The van der Waals surface area contributed by atoms with Crippen molar-refractivity contribution in [3.8, 4) is 0 Å². The molecule has 0 saturated carbocycles. The number of nitrogens with zero attached hydrogens (tertiary/aromatic N) is 5. The van der Waals surface area contributed by atoms with Crippen LogP contribution in [0.15, 0.2) is 42.5 Å². The van der Waals surface area contributed by atoms with Gasteiger partial charge in [0, 0.05) is 59.4 Å². The topological polar surface area (TPSA) is 273 Å². The Hall–Kier alpha value is -5.89. The molecule has 2 fully saturated rings. The second-order valence-corrected chi connectivity index (χ2v) is 22.7. The first-order valence-corrected chi connectivity index (χ1v) is 29.9. The number of likely N-dealkylation sites (tertiary alicyclic amines) is 1. The van der Waals surface area contributed by atoms with E-state index < -0.39 is 60.1 Å². The molecular formula is C60H97N9O15. The van der Waals surface area contributed by atoms with Crippen LogP contribution in [0, 0.1) is 23.7 Å². The number of carbonyl (C=O) groups excluding carboxylic acids is 9. The number of nitrogens with one attached hydrogen (secondary N) is 4. The van der Waals surface area contributed by atoms with E-state index in [-0.39, 0.29) is 131 Å². The molecule has 0 aromatic heterocycles. The molecule has 0 aliphatic carbocycles. The summed E-state index contributed by atoms with van der Waals surface area (Å²) < 4.78 is 28.4. The lowest BCUT2D eigenvalue weighted by Gasteiger charge is -2.41. The third-order valence-corrected chi connectivity index (χ3v) is 15.8. The Morgan fingerprint density at radius 2 is 1.37 bits per heavy atom. The molecule has 84 heavy (non-hydrogen) atoms. The normalized spacial score (nSPS) is 18.3. The maximum absolute atomic E-state index is 14.7. The predicted molar refractivity (Wildman–Crippen MR) is 312 cm³/mol. The number of hydrogen-bond donors (Lipinski definition) is 4. The summed E-state index contributed by atoms with van der Waals surface area (Å²) in [4.78, 5) is 132. The molecule has 4 rings (SSSR count). The van der Waals surface area contributed by atoms with Gasteiger partial charge in [0.25, 0.3) is 17.7 Å². The highest BCUT2D eigenvalue weighted by Crippen LogP contribution is 2.30. The number of carbonyl (C=O) groups is 9. The van der Waals surface area contributed by atoms with Crippen molar-refractivity contribution in [2.24, 2.45) is 23.7 Å². The molecule has 1 aromatic carbocycles. The van der Waals surface area contributed by atoms with E-state index in [1.807, 2.05) is 76.8 Å². The van der Waals surface area contributed by atoms with Gasteiger partial charge in [-0.15, -0.1) is 0 Å². The third kappa shape index (κ3) is 21.9. The van der Waals surface area contributed by atoms with Gasteiger partial charge in [0.05, 0.1) is 102 Å². The first-order valence-electron chi connectivity index (χ1n) is 29.9. The summed E-state index contributed by atoms with van der Waals surface area (Å²) in [5.74, 6) is -4.55. The van der Waals surface area contributed by atoms with Gasteiger partial charge >= 0.3 is 0 Å². The number of ether oxygens (including phenoxy) is 5. The van der Waals surface area contributed by atoms with Crippen molar-refractivity contribution in [3.05, 3.63) is 48.0 Å². The van der Waals surface area contributed by atoms with E-state index in [0.717, 1.165) is 23.3 Å². The van der Waals surface area contributed by atoms with Gasteiger partial charge in [-0.25, -0.2) is 5.06 Å². The molecule has 24 nitrogen and oxygen atoms in total. The number of amides is 9. The predicted octanol–water partition coefficient (Wildman–Crippen LogP) is 2.58. The van der Waals surface area contributed by atoms with Crippen LogP contribution >= 0.6 is 0 Å². The molecule has 0 radical (unpaired) electrons. The maximum Gasteiger partial charge on any atom is 0.269 e. The van der Waals surface area contributed by atoms with E-state index in [4.69, 9.17) is 28.5 Å². The zero-order chi connectivity index (χ0) is 61.9. The molecule has 9 atom stereocenters. The number of rotatable bonds is 37. The second kappa shape index (κ2) is 36.8. The summed E-state index contributed by atoms with van der Waals surface area (Å²) in [5, 5.41) is 7.41. The molecule has 3 aliphatic heterocycles. The molecular weight excluding hydrogens is 1090 g/mol. The van der Waals surface area contributed by atoms with Gasteiger partial charge in [-0.2, -0.15) is 0 Å². The summed E-state index contributed by atoms with van der Waals surface area (Å²) in [6.45, 7) is 16.5. The fraction of sp³-hybridized carbons (Fsp3) is 0.717. The van der Waals surface area contributed by atoms with E-state index in [2.05, 4.69) is 21.5 Å². The molecule has 3 heterocycles. The number of hydrogen-bond acceptors (Lipinski definition) is 16. The summed E-state index contributed by atoms with van der Waals surface area (Å²) in [5.41, 5.74) is 5.69. The van der Waals surface area contributed by atoms with Crippen molar-refractivity contribution in [1.82, 2.24) is 46.1 Å². The summed E-state index contributed by atoms with van der Waals surface area (Å²) in [7, 11) is 6.52. The standard InChI is InChI=1S/C60H97N9O15/c1-12-42(6)55(47(79-10)39-52(74)67-28-18-22-46(67)56(80-11)43(7)57(75)61-45(38-44-20-14-13-15-21-44)59(77)69-29-16-17-31-84-69)66(9)60(78)53(40(2)3)62-58(76)54(41(4)5)65(8)27-19-23-48(70)63-64-49(71)26-32-81-34-36-83-37-35-82-33-30-68-50(72)24-25-51(68)73/h13-15,20-21,24-25,40-43,45-47,53-56H,12,16-19,22-23,26-39H2,1-11H3,(H,61,75)(H,62,76)(H,63,70)(H,64,71)/t42?,43?,45?,46-,47?,53?,54?,55?,56?/m0/s1. The Morgan fingerprint density at radius 1 is 0.738 bits per heavy atom. The summed E-state index contributed by atoms with van der Waals surface area (Å²) in [6.07, 6.45) is 5.21. The van der Waals surface area contributed by atoms with Crippen LogP contribution in [-0.4, -0.2) is 221 Å². The number of hydrazine groups is 1. The highest BCUT2D eigenvalue weighted by Gasteiger charge is 2.44. The van der Waals surface area contributed by atoms with Crippen LogP contribution in [0.1, 0.15) is 112 Å². The zero-order valence-electron chi connectivity index (χ0n) is 51.6. The zero-order valence-corrected chi connectivity index (χ0v) is 51.6. The van der Waals surface area contributed by atoms with E-state index in [1.54, 1.807) is 30.8 Å². The highest BCUT2D eigenvalue weighted by atomic mass is 16.7. The van der Waals surface area contributed by atoms with Crippen molar-refractivity contribution in [1.29, 1.82) is 0 Å². The first-order chi connectivity index (χ1) is 40.1. The van der Waals surface area contributed by atoms with Crippen LogP contribution in [0.4, 0.5) is 0 Å². The minimum absolute atomic E-state index is 0.000998. The molecule has 472 valence electrons. The molecule has 2 saturated heterocycles. The monoisotopic (exact) mass is 1180 g/mol. The van der Waals surface area contributed by atoms with Gasteiger partial charge in [-0.1, -0.05) is 85.2 Å². The number of benzene rings is 1. The summed E-state index contributed by atoms with van der Waals surface area (Å²) >= 11 is 0. The van der Waals surface area contributed by atoms with Gasteiger partial charge in [0.2, 0.25) is 35.4 Å². The van der Waals surface area contributed by atoms with Crippen LogP contribution in [-0.2, 0) is 78.1 Å². The summed E-state index contributed by atoms with van der Waals surface area (Å²) in [6, 6.07) is 5.98. The molecule has 1 aromatic rings. The molecule has 0 spiro atoms. The molecule has 24 heteroatoms. The minimum atomic E-state index is -0.929. The largest absolute Gasteiger partial charge is 0.379 e. The smallest absolute Gasteiger partial charge is 0.269 e.